The minimum atomic E-state index is -1.46. The van der Waals surface area contributed by atoms with Gasteiger partial charge in [-0.2, -0.15) is 0 Å². The first-order chi connectivity index (χ1) is 14.5. The Labute approximate surface area is 179 Å². The van der Waals surface area contributed by atoms with E-state index in [1.54, 1.807) is 18.3 Å². The van der Waals surface area contributed by atoms with Gasteiger partial charge in [0.15, 0.2) is 0 Å². The number of halogens is 2. The lowest BCUT2D eigenvalue weighted by molar-refractivity contribution is -0.384. The van der Waals surface area contributed by atoms with E-state index in [2.05, 4.69) is 10.3 Å². The zero-order valence-corrected chi connectivity index (χ0v) is 17.4. The number of aromatic nitrogens is 3. The summed E-state index contributed by atoms with van der Waals surface area (Å²) in [6.45, 7) is 0.652. The Morgan fingerprint density at radius 1 is 1.13 bits per heavy atom. The Balaban J connectivity index is 1.74. The molecule has 0 radical (unpaired) electrons. The van der Waals surface area contributed by atoms with Crippen LogP contribution in [0.25, 0.3) is 0 Å². The van der Waals surface area contributed by atoms with Crippen molar-refractivity contribution in [3.8, 4) is 0 Å². The molecule has 3 aromatic rings. The Kier molecular flexibility index (Phi) is 7.47. The fourth-order valence-corrected chi connectivity index (χ4v) is 4.05. The van der Waals surface area contributed by atoms with Crippen molar-refractivity contribution in [3.05, 3.63) is 70.5 Å². The van der Waals surface area contributed by atoms with Gasteiger partial charge in [0.1, 0.15) is 12.4 Å². The van der Waals surface area contributed by atoms with Crippen molar-refractivity contribution >= 4 is 33.8 Å². The molecule has 30 heavy (non-hydrogen) atoms. The molecule has 1 heterocycles. The smallest absolute Gasteiger partial charge is 0.269 e. The van der Waals surface area contributed by atoms with Crippen molar-refractivity contribution in [2.75, 3.05) is 24.0 Å². The van der Waals surface area contributed by atoms with Crippen LogP contribution in [0.5, 0.6) is 0 Å². The molecule has 0 saturated carbocycles. The van der Waals surface area contributed by atoms with Crippen molar-refractivity contribution in [2.45, 2.75) is 22.9 Å². The summed E-state index contributed by atoms with van der Waals surface area (Å²) in [4.78, 5) is 13.3. The van der Waals surface area contributed by atoms with Crippen molar-refractivity contribution < 1.29 is 13.5 Å². The summed E-state index contributed by atoms with van der Waals surface area (Å²) in [7, 11) is -1.46. The maximum Gasteiger partial charge on any atom is 0.269 e. The molecule has 0 spiro atoms. The molecule has 1 aromatic heterocycles. The zero-order valence-electron chi connectivity index (χ0n) is 15.9. The first-order valence-electron chi connectivity index (χ1n) is 9.04. The molecule has 3 rings (SSSR count). The van der Waals surface area contributed by atoms with Gasteiger partial charge in [0.2, 0.25) is 0 Å². The summed E-state index contributed by atoms with van der Waals surface area (Å²) < 4.78 is 26.6. The van der Waals surface area contributed by atoms with Crippen LogP contribution >= 0.6 is 11.6 Å². The maximum atomic E-state index is 12.7. The van der Waals surface area contributed by atoms with Crippen LogP contribution in [0.4, 0.5) is 15.8 Å². The normalized spacial score (nSPS) is 11.9. The van der Waals surface area contributed by atoms with E-state index in [0.717, 1.165) is 5.69 Å². The Morgan fingerprint density at radius 2 is 1.77 bits per heavy atom. The van der Waals surface area contributed by atoms with Crippen LogP contribution in [0.1, 0.15) is 5.69 Å². The van der Waals surface area contributed by atoms with E-state index < -0.39 is 22.4 Å². The third-order valence-corrected chi connectivity index (χ3v) is 5.85. The second-order valence-electron chi connectivity index (χ2n) is 6.29. The van der Waals surface area contributed by atoms with Crippen LogP contribution in [0.2, 0.25) is 0 Å². The Hall–Kier alpha value is -2.85. The number of anilines is 1. The number of hydrogen-bond donors (Lipinski definition) is 0. The molecule has 1 atom stereocenters. The van der Waals surface area contributed by atoms with Gasteiger partial charge in [-0.3, -0.25) is 10.1 Å². The van der Waals surface area contributed by atoms with Crippen LogP contribution in [0.15, 0.2) is 64.5 Å². The molecule has 1 unspecified atom stereocenters. The molecule has 0 aliphatic carbocycles. The van der Waals surface area contributed by atoms with Crippen LogP contribution in [0.3, 0.4) is 0 Å². The first-order valence-corrected chi connectivity index (χ1v) is 10.7. The minimum Gasteiger partial charge on any atom is -0.364 e. The van der Waals surface area contributed by atoms with Gasteiger partial charge in [0, 0.05) is 40.0 Å². The van der Waals surface area contributed by atoms with E-state index in [0.29, 0.717) is 34.5 Å². The average molecular weight is 451 g/mol. The highest BCUT2D eigenvalue weighted by molar-refractivity contribution is 7.85. The lowest BCUT2D eigenvalue weighted by atomic mass is 10.2. The predicted octanol–water partition coefficient (Wildman–Crippen LogP) is 3.57. The molecule has 0 aliphatic rings. The summed E-state index contributed by atoms with van der Waals surface area (Å²) in [6, 6.07) is 12.8. The van der Waals surface area contributed by atoms with E-state index >= 15 is 0 Å². The highest BCUT2D eigenvalue weighted by atomic mass is 35.5. The number of hydrogen-bond acceptors (Lipinski definition) is 6. The second-order valence-corrected chi connectivity index (χ2v) is 8.14. The van der Waals surface area contributed by atoms with Gasteiger partial charge in [0.05, 0.1) is 35.0 Å². The standard InChI is InChI=1S/C19H19ClFN5O3S/c20-9-11-24(13-15-14-25(12-10-21)23-22-15)16-1-5-18(6-2-16)30(29)19-7-3-17(4-8-19)26(27)28/h1-8,14H,9-13H2/i21-1. The van der Waals surface area contributed by atoms with Gasteiger partial charge < -0.3 is 4.90 Å². The highest BCUT2D eigenvalue weighted by Crippen LogP contribution is 2.23. The molecular weight excluding hydrogens is 432 g/mol. The van der Waals surface area contributed by atoms with Gasteiger partial charge in [-0.15, -0.1) is 16.7 Å². The summed E-state index contributed by atoms with van der Waals surface area (Å²) in [5.41, 5.74) is 1.50. The second kappa shape index (κ2) is 10.3. The molecule has 0 bridgehead atoms. The summed E-state index contributed by atoms with van der Waals surface area (Å²) >= 11 is 5.94. The quantitative estimate of drug-likeness (QED) is 0.266. The number of nitrogens with zero attached hydrogens (tertiary/aromatic N) is 5. The lowest BCUT2D eigenvalue weighted by Crippen LogP contribution is -2.25. The summed E-state index contributed by atoms with van der Waals surface area (Å²) in [5.74, 6) is 0.398. The maximum absolute atomic E-state index is 12.7. The number of benzene rings is 2. The van der Waals surface area contributed by atoms with Crippen molar-refractivity contribution in [1.29, 1.82) is 0 Å². The summed E-state index contributed by atoms with van der Waals surface area (Å²) in [5, 5.41) is 18.7. The fourth-order valence-electron chi connectivity index (χ4n) is 2.81. The average Bonchev–Trinajstić information content (AvgIpc) is 3.20. The number of non-ortho nitro benzene ring substituents is 1. The van der Waals surface area contributed by atoms with E-state index in [9.17, 15) is 18.7 Å². The molecule has 8 nitrogen and oxygen atoms in total. The number of nitro benzene ring substituents is 1. The third-order valence-electron chi connectivity index (χ3n) is 4.28. The highest BCUT2D eigenvalue weighted by Gasteiger charge is 2.13. The summed E-state index contributed by atoms with van der Waals surface area (Å²) in [6.07, 6.45) is 1.69. The molecule has 0 saturated heterocycles. The predicted molar refractivity (Wildman–Crippen MR) is 112 cm³/mol. The van der Waals surface area contributed by atoms with Crippen LogP contribution in [0, 0.1) is 10.1 Å². The van der Waals surface area contributed by atoms with E-state index in [1.807, 2.05) is 17.0 Å². The fraction of sp³-hybridized carbons (Fsp3) is 0.263. The van der Waals surface area contributed by atoms with Crippen molar-refractivity contribution in [2.24, 2.45) is 0 Å². The molecule has 0 fully saturated rings. The molecule has 0 aliphatic heterocycles. The minimum absolute atomic E-state index is 0.0498. The number of rotatable bonds is 10. The van der Waals surface area contributed by atoms with Gasteiger partial charge in [0.25, 0.3) is 5.69 Å². The van der Waals surface area contributed by atoms with E-state index in [-0.39, 0.29) is 12.2 Å². The largest absolute Gasteiger partial charge is 0.364 e. The van der Waals surface area contributed by atoms with Crippen LogP contribution in [-0.2, 0) is 23.9 Å². The van der Waals surface area contributed by atoms with Crippen molar-refractivity contribution in [3.63, 3.8) is 0 Å². The third kappa shape index (κ3) is 5.39. The molecule has 0 N–H and O–H groups in total. The topological polar surface area (TPSA) is 94.2 Å². The van der Waals surface area contributed by atoms with E-state index in [4.69, 9.17) is 11.6 Å². The van der Waals surface area contributed by atoms with Gasteiger partial charge in [-0.25, -0.2) is 13.3 Å². The van der Waals surface area contributed by atoms with Gasteiger partial charge in [-0.1, -0.05) is 5.21 Å². The Morgan fingerprint density at radius 3 is 2.33 bits per heavy atom. The van der Waals surface area contributed by atoms with E-state index in [1.165, 1.54) is 28.9 Å². The van der Waals surface area contributed by atoms with Crippen LogP contribution in [-0.4, -0.2) is 43.2 Å². The molecule has 0 amide bonds. The molecule has 2 aromatic carbocycles. The first kappa shape index (κ1) is 21.8. The number of nitro groups is 1. The monoisotopic (exact) mass is 450 g/mol. The molecule has 158 valence electrons. The number of alkyl halides is 2. The van der Waals surface area contributed by atoms with Gasteiger partial charge in [-0.05, 0) is 36.4 Å². The van der Waals surface area contributed by atoms with Crippen molar-refractivity contribution in [1.82, 2.24) is 15.0 Å². The lowest BCUT2D eigenvalue weighted by Gasteiger charge is -2.23. The molecule has 11 heteroatoms. The Bertz CT molecular complexity index is 1010. The van der Waals surface area contributed by atoms with Gasteiger partial charge >= 0.3 is 0 Å². The zero-order chi connectivity index (χ0) is 21.5. The van der Waals surface area contributed by atoms with Crippen LogP contribution < -0.4 is 4.90 Å². The molecular formula is C19H19ClFN5O3S. The SMILES string of the molecule is O=[N+]([O-])c1ccc(S(=O)c2ccc(N(CCCl)Cc3cn(CC[18F])nn3)cc2)cc1. The number of aryl methyl sites for hydroxylation is 1.